The zero-order chi connectivity index (χ0) is 12.1. The van der Waals surface area contributed by atoms with Crippen LogP contribution in [0.1, 0.15) is 25.7 Å². The van der Waals surface area contributed by atoms with Gasteiger partial charge in [-0.2, -0.15) is 0 Å². The molecular weight excluding hydrogens is 254 g/mol. The molecule has 1 aliphatic carbocycles. The molecule has 0 saturated heterocycles. The Kier molecular flexibility index (Phi) is 4.75. The number of carbonyl (C=O) groups is 1. The lowest BCUT2D eigenvalue weighted by atomic mass is 10.3. The molecule has 0 aliphatic heterocycles. The van der Waals surface area contributed by atoms with Crippen LogP contribution in [0.3, 0.4) is 0 Å². The molecule has 0 radical (unpaired) electrons. The topological polar surface area (TPSA) is 29.1 Å². The van der Waals surface area contributed by atoms with Crippen LogP contribution in [0.4, 0.5) is 0 Å². The van der Waals surface area contributed by atoms with Crippen molar-refractivity contribution in [2.45, 2.75) is 36.6 Å². The number of nitrogens with one attached hydrogen (secondary N) is 1. The summed E-state index contributed by atoms with van der Waals surface area (Å²) >= 11 is 7.57. The van der Waals surface area contributed by atoms with Gasteiger partial charge in [0.1, 0.15) is 0 Å². The minimum atomic E-state index is 0.198. The minimum Gasteiger partial charge on any atom is -0.353 e. The Hall–Kier alpha value is -0.670. The van der Waals surface area contributed by atoms with Gasteiger partial charge < -0.3 is 5.32 Å². The molecule has 1 N–H and O–H groups in total. The van der Waals surface area contributed by atoms with Crippen molar-refractivity contribution in [3.05, 3.63) is 29.3 Å². The van der Waals surface area contributed by atoms with Gasteiger partial charge in [-0.05, 0) is 49.3 Å². The molecule has 1 aliphatic rings. The lowest BCUT2D eigenvalue weighted by Gasteiger charge is -2.03. The molecule has 1 aromatic carbocycles. The van der Waals surface area contributed by atoms with Crippen LogP contribution in [0, 0.1) is 0 Å². The molecule has 1 aromatic rings. The van der Waals surface area contributed by atoms with Crippen LogP contribution in [0.25, 0.3) is 0 Å². The summed E-state index contributed by atoms with van der Waals surface area (Å²) in [5.41, 5.74) is 0. The number of halogens is 1. The summed E-state index contributed by atoms with van der Waals surface area (Å²) in [6.07, 6.45) is 3.87. The molecule has 92 valence electrons. The Morgan fingerprint density at radius 3 is 2.71 bits per heavy atom. The van der Waals surface area contributed by atoms with E-state index >= 15 is 0 Å². The lowest BCUT2D eigenvalue weighted by Crippen LogP contribution is -2.24. The summed E-state index contributed by atoms with van der Waals surface area (Å²) in [4.78, 5) is 12.6. The van der Waals surface area contributed by atoms with Crippen LogP contribution in [0.2, 0.25) is 5.02 Å². The molecule has 17 heavy (non-hydrogen) atoms. The molecule has 2 nitrogen and oxygen atoms in total. The summed E-state index contributed by atoms with van der Waals surface area (Å²) in [7, 11) is 0. The van der Waals surface area contributed by atoms with E-state index in [1.54, 1.807) is 11.8 Å². The zero-order valence-electron chi connectivity index (χ0n) is 9.62. The Balaban J connectivity index is 1.59. The van der Waals surface area contributed by atoms with Crippen molar-refractivity contribution >= 4 is 29.3 Å². The van der Waals surface area contributed by atoms with Crippen LogP contribution in [-0.2, 0) is 4.79 Å². The summed E-state index contributed by atoms with van der Waals surface area (Å²) in [5, 5.41) is 3.76. The van der Waals surface area contributed by atoms with Crippen molar-refractivity contribution in [1.82, 2.24) is 5.32 Å². The van der Waals surface area contributed by atoms with E-state index in [4.69, 9.17) is 11.6 Å². The summed E-state index contributed by atoms with van der Waals surface area (Å²) in [6, 6.07) is 8.29. The Bertz CT molecular complexity index is 376. The molecule has 4 heteroatoms. The predicted octanol–water partition coefficient (Wildman–Crippen LogP) is 3.49. The van der Waals surface area contributed by atoms with Crippen LogP contribution >= 0.6 is 23.4 Å². The lowest BCUT2D eigenvalue weighted by molar-refractivity contribution is -0.121. The second-order valence-corrected chi connectivity index (χ2v) is 5.85. The fourth-order valence-corrected chi connectivity index (χ4v) is 2.46. The number of benzene rings is 1. The smallest absolute Gasteiger partial charge is 0.220 e. The van der Waals surface area contributed by atoms with Crippen molar-refractivity contribution < 1.29 is 4.79 Å². The standard InChI is InChI=1S/C13H16ClNOS/c14-10-3-7-12(8-4-10)17-9-1-2-13(16)15-11-5-6-11/h3-4,7-8,11H,1-2,5-6,9H2,(H,15,16). The van der Waals surface area contributed by atoms with E-state index in [1.165, 1.54) is 4.90 Å². The average Bonchev–Trinajstić information content (AvgIpc) is 3.11. The highest BCUT2D eigenvalue weighted by molar-refractivity contribution is 7.99. The van der Waals surface area contributed by atoms with Crippen molar-refractivity contribution in [2.24, 2.45) is 0 Å². The van der Waals surface area contributed by atoms with E-state index < -0.39 is 0 Å². The third-order valence-electron chi connectivity index (χ3n) is 2.57. The van der Waals surface area contributed by atoms with Crippen LogP contribution in [-0.4, -0.2) is 17.7 Å². The van der Waals surface area contributed by atoms with Crippen LogP contribution in [0.5, 0.6) is 0 Å². The molecular formula is C13H16ClNOS. The molecule has 0 spiro atoms. The molecule has 1 amide bonds. The van der Waals surface area contributed by atoms with E-state index in [2.05, 4.69) is 5.32 Å². The van der Waals surface area contributed by atoms with Gasteiger partial charge in [0.2, 0.25) is 5.91 Å². The number of rotatable bonds is 6. The van der Waals surface area contributed by atoms with E-state index in [0.717, 1.165) is 30.0 Å². The molecule has 0 aromatic heterocycles. The van der Waals surface area contributed by atoms with E-state index in [-0.39, 0.29) is 5.91 Å². The maximum atomic E-state index is 11.4. The summed E-state index contributed by atoms with van der Waals surface area (Å²) in [5.74, 6) is 1.17. The van der Waals surface area contributed by atoms with Gasteiger partial charge in [-0.25, -0.2) is 0 Å². The maximum absolute atomic E-state index is 11.4. The van der Waals surface area contributed by atoms with E-state index in [0.29, 0.717) is 12.5 Å². The molecule has 0 bridgehead atoms. The first-order valence-corrected chi connectivity index (χ1v) is 7.28. The monoisotopic (exact) mass is 269 g/mol. The van der Waals surface area contributed by atoms with Crippen LogP contribution in [0.15, 0.2) is 29.2 Å². The fourth-order valence-electron chi connectivity index (χ4n) is 1.48. The fraction of sp³-hybridized carbons (Fsp3) is 0.462. The van der Waals surface area contributed by atoms with Gasteiger partial charge in [-0.3, -0.25) is 4.79 Å². The van der Waals surface area contributed by atoms with Crippen molar-refractivity contribution in [3.63, 3.8) is 0 Å². The normalized spacial score (nSPS) is 14.6. The van der Waals surface area contributed by atoms with Gasteiger partial charge in [-0.15, -0.1) is 11.8 Å². The number of carbonyl (C=O) groups excluding carboxylic acids is 1. The summed E-state index contributed by atoms with van der Waals surface area (Å²) in [6.45, 7) is 0. The maximum Gasteiger partial charge on any atom is 0.220 e. The number of thioether (sulfide) groups is 1. The Morgan fingerprint density at radius 2 is 2.06 bits per heavy atom. The Labute approximate surface area is 111 Å². The van der Waals surface area contributed by atoms with Gasteiger partial charge in [-0.1, -0.05) is 11.6 Å². The first-order chi connectivity index (χ1) is 8.24. The molecule has 1 saturated carbocycles. The predicted molar refractivity (Wildman–Crippen MR) is 72.6 cm³/mol. The van der Waals surface area contributed by atoms with Gasteiger partial charge >= 0.3 is 0 Å². The molecule has 0 atom stereocenters. The highest BCUT2D eigenvalue weighted by Gasteiger charge is 2.22. The second kappa shape index (κ2) is 6.31. The molecule has 1 fully saturated rings. The van der Waals surface area contributed by atoms with Gasteiger partial charge in [0.25, 0.3) is 0 Å². The third kappa shape index (κ3) is 5.00. The van der Waals surface area contributed by atoms with Crippen LogP contribution < -0.4 is 5.32 Å². The second-order valence-electron chi connectivity index (χ2n) is 4.25. The van der Waals surface area contributed by atoms with E-state index in [1.807, 2.05) is 24.3 Å². The van der Waals surface area contributed by atoms with Gasteiger partial charge in [0, 0.05) is 22.4 Å². The third-order valence-corrected chi connectivity index (χ3v) is 3.92. The SMILES string of the molecule is O=C(CCCSc1ccc(Cl)cc1)NC1CC1. The minimum absolute atomic E-state index is 0.198. The van der Waals surface area contributed by atoms with Crippen molar-refractivity contribution in [1.29, 1.82) is 0 Å². The number of hydrogen-bond acceptors (Lipinski definition) is 2. The highest BCUT2D eigenvalue weighted by Crippen LogP contribution is 2.22. The first kappa shape index (κ1) is 12.8. The van der Waals surface area contributed by atoms with Gasteiger partial charge in [0.05, 0.1) is 0 Å². The van der Waals surface area contributed by atoms with E-state index in [9.17, 15) is 4.79 Å². The largest absolute Gasteiger partial charge is 0.353 e. The first-order valence-electron chi connectivity index (χ1n) is 5.92. The number of amides is 1. The zero-order valence-corrected chi connectivity index (χ0v) is 11.2. The van der Waals surface area contributed by atoms with Crippen molar-refractivity contribution in [2.75, 3.05) is 5.75 Å². The van der Waals surface area contributed by atoms with Crippen molar-refractivity contribution in [3.8, 4) is 0 Å². The summed E-state index contributed by atoms with van der Waals surface area (Å²) < 4.78 is 0. The highest BCUT2D eigenvalue weighted by atomic mass is 35.5. The Morgan fingerprint density at radius 1 is 1.35 bits per heavy atom. The van der Waals surface area contributed by atoms with Gasteiger partial charge in [0.15, 0.2) is 0 Å². The quantitative estimate of drug-likeness (QED) is 0.633. The number of hydrogen-bond donors (Lipinski definition) is 1. The average molecular weight is 270 g/mol. The molecule has 0 unspecified atom stereocenters. The molecule has 2 rings (SSSR count). The molecule has 0 heterocycles.